The van der Waals surface area contributed by atoms with Crippen molar-refractivity contribution in [2.45, 2.75) is 51.6 Å². The van der Waals surface area contributed by atoms with Crippen LogP contribution >= 0.6 is 0 Å². The Kier molecular flexibility index (Phi) is 9.07. The molecule has 0 aromatic carbocycles. The fourth-order valence-electron chi connectivity index (χ4n) is 3.46. The molecule has 1 rings (SSSR count). The van der Waals surface area contributed by atoms with E-state index in [1.165, 1.54) is 60.6 Å². The minimum atomic E-state index is 0. The number of unbranched alkanes of at least 4 members (excludes halogenated alkanes) is 2. The lowest BCUT2D eigenvalue weighted by atomic mass is 10.1. The van der Waals surface area contributed by atoms with Crippen molar-refractivity contribution >= 4 is 0 Å². The van der Waals surface area contributed by atoms with E-state index in [1.54, 1.807) is 0 Å². The molecule has 1 aliphatic heterocycles. The van der Waals surface area contributed by atoms with Crippen LogP contribution in [0, 0.1) is 0 Å². The molecule has 1 heterocycles. The van der Waals surface area contributed by atoms with Crippen molar-refractivity contribution in [2.75, 3.05) is 41.3 Å². The predicted octanol–water partition coefficient (Wildman–Crippen LogP) is 2.49. The van der Waals surface area contributed by atoms with E-state index in [0.717, 1.165) is 6.17 Å². The third kappa shape index (κ3) is 5.22. The third-order valence-corrected chi connectivity index (χ3v) is 4.40. The fourth-order valence-corrected chi connectivity index (χ4v) is 3.46. The van der Waals surface area contributed by atoms with Crippen LogP contribution in [0.4, 0.5) is 0 Å². The van der Waals surface area contributed by atoms with Crippen LogP contribution in [0.3, 0.4) is 0 Å². The van der Waals surface area contributed by atoms with Crippen LogP contribution in [-0.4, -0.2) is 67.4 Å². The Morgan fingerprint density at radius 3 is 1.67 bits per heavy atom. The first-order chi connectivity index (χ1) is 7.40. The smallest absolute Gasteiger partial charge is 0.215 e. The van der Waals surface area contributed by atoms with Crippen LogP contribution in [0.1, 0.15) is 45.4 Å². The van der Waals surface area contributed by atoms with Crippen LogP contribution in [0.2, 0.25) is 0 Å². The Bertz CT molecular complexity index is 200. The topological polar surface area (TPSA) is 60.0 Å². The first kappa shape index (κ1) is 20.2. The van der Waals surface area contributed by atoms with Crippen molar-refractivity contribution in [1.29, 1.82) is 0 Å². The summed E-state index contributed by atoms with van der Waals surface area (Å²) in [4.78, 5) is 0. The quantitative estimate of drug-likeness (QED) is 0.577. The van der Waals surface area contributed by atoms with Gasteiger partial charge in [-0.15, -0.1) is 0 Å². The zero-order valence-electron chi connectivity index (χ0n) is 13.0. The van der Waals surface area contributed by atoms with E-state index in [1.807, 2.05) is 0 Å². The second-order valence-electron chi connectivity index (χ2n) is 6.69. The monoisotopic (exact) mass is 262 g/mol. The standard InChI is InChI=1S/C14H32N2.2H2O/c1-6-7-8-11-14-15(2,3)12-9-10-13-16(14,4)5;;/h14H,6-13H2,1-5H3;2*1H2/q+2;;/p-2. The molecule has 0 aliphatic carbocycles. The highest BCUT2D eigenvalue weighted by atomic mass is 16.0. The zero-order chi connectivity index (χ0) is 12.2. The van der Waals surface area contributed by atoms with Crippen molar-refractivity contribution < 1.29 is 19.9 Å². The number of hydrogen-bond acceptors (Lipinski definition) is 2. The molecule has 0 aromatic heterocycles. The van der Waals surface area contributed by atoms with Crippen molar-refractivity contribution in [2.24, 2.45) is 0 Å². The first-order valence-corrected chi connectivity index (χ1v) is 7.05. The number of nitrogens with zero attached hydrogens (tertiary/aromatic N) is 2. The fraction of sp³-hybridized carbons (Fsp3) is 1.00. The molecule has 1 aliphatic rings. The van der Waals surface area contributed by atoms with Gasteiger partial charge in [0.15, 0.2) is 0 Å². The average molecular weight is 262 g/mol. The second-order valence-corrected chi connectivity index (χ2v) is 6.69. The molecule has 1 saturated heterocycles. The van der Waals surface area contributed by atoms with Gasteiger partial charge in [-0.2, -0.15) is 0 Å². The largest absolute Gasteiger partial charge is 0.870 e. The molecule has 4 nitrogen and oxygen atoms in total. The molecule has 0 bridgehead atoms. The summed E-state index contributed by atoms with van der Waals surface area (Å²) in [5, 5.41) is 0. The van der Waals surface area contributed by atoms with Gasteiger partial charge in [0.25, 0.3) is 0 Å². The third-order valence-electron chi connectivity index (χ3n) is 4.40. The average Bonchev–Trinajstić information content (AvgIpc) is 2.27. The molecule has 4 heteroatoms. The molecule has 1 fully saturated rings. The maximum atomic E-state index is 2.43. The lowest BCUT2D eigenvalue weighted by Gasteiger charge is -2.45. The molecule has 0 spiro atoms. The molecule has 0 amide bonds. The molecule has 112 valence electrons. The van der Waals surface area contributed by atoms with E-state index in [-0.39, 0.29) is 11.0 Å². The van der Waals surface area contributed by atoms with Gasteiger partial charge in [-0.3, -0.25) is 8.97 Å². The Morgan fingerprint density at radius 2 is 1.28 bits per heavy atom. The molecule has 0 atom stereocenters. The van der Waals surface area contributed by atoms with E-state index < -0.39 is 0 Å². The zero-order valence-corrected chi connectivity index (χ0v) is 13.0. The highest BCUT2D eigenvalue weighted by Gasteiger charge is 2.42. The van der Waals surface area contributed by atoms with E-state index in [0.29, 0.717) is 0 Å². The lowest BCUT2D eigenvalue weighted by Crippen LogP contribution is -2.63. The van der Waals surface area contributed by atoms with Gasteiger partial charge in [-0.25, -0.2) is 0 Å². The summed E-state index contributed by atoms with van der Waals surface area (Å²) >= 11 is 0. The summed E-state index contributed by atoms with van der Waals surface area (Å²) in [6.07, 6.45) is 9.15. The van der Waals surface area contributed by atoms with Crippen molar-refractivity contribution in [3.05, 3.63) is 0 Å². The van der Waals surface area contributed by atoms with Gasteiger partial charge in [-0.1, -0.05) is 19.8 Å². The number of hydrogen-bond donors (Lipinski definition) is 0. The Hall–Kier alpha value is -0.160. The summed E-state index contributed by atoms with van der Waals surface area (Å²) in [5.74, 6) is 0. The molecule has 2 N–H and O–H groups in total. The Morgan fingerprint density at radius 1 is 0.833 bits per heavy atom. The Labute approximate surface area is 113 Å². The van der Waals surface area contributed by atoms with Crippen LogP contribution < -0.4 is 0 Å². The highest BCUT2D eigenvalue weighted by Crippen LogP contribution is 2.26. The van der Waals surface area contributed by atoms with Crippen LogP contribution in [0.5, 0.6) is 0 Å². The van der Waals surface area contributed by atoms with Crippen molar-refractivity contribution in [3.8, 4) is 0 Å². The predicted molar refractivity (Wildman–Crippen MR) is 75.0 cm³/mol. The van der Waals surface area contributed by atoms with E-state index in [2.05, 4.69) is 35.1 Å². The first-order valence-electron chi connectivity index (χ1n) is 7.05. The molecule has 0 saturated carbocycles. The molecule has 18 heavy (non-hydrogen) atoms. The van der Waals surface area contributed by atoms with E-state index >= 15 is 0 Å². The van der Waals surface area contributed by atoms with Crippen LogP contribution in [-0.2, 0) is 0 Å². The van der Waals surface area contributed by atoms with Crippen LogP contribution in [0.25, 0.3) is 0 Å². The summed E-state index contributed by atoms with van der Waals surface area (Å²) in [7, 11) is 9.73. The van der Waals surface area contributed by atoms with Gasteiger partial charge in [0.1, 0.15) is 0 Å². The van der Waals surface area contributed by atoms with Gasteiger partial charge in [0.2, 0.25) is 6.17 Å². The van der Waals surface area contributed by atoms with Crippen molar-refractivity contribution in [3.63, 3.8) is 0 Å². The SMILES string of the molecule is CCCCCC1[N+](C)(C)CCCC[N+]1(C)C.[OH-].[OH-]. The molecule has 0 radical (unpaired) electrons. The Balaban J connectivity index is 0. The minimum absolute atomic E-state index is 0. The van der Waals surface area contributed by atoms with Crippen LogP contribution in [0.15, 0.2) is 0 Å². The lowest BCUT2D eigenvalue weighted by molar-refractivity contribution is -1.10. The maximum absolute atomic E-state index is 2.43. The van der Waals surface area contributed by atoms with Gasteiger partial charge in [0, 0.05) is 12.8 Å². The van der Waals surface area contributed by atoms with E-state index in [9.17, 15) is 0 Å². The summed E-state index contributed by atoms with van der Waals surface area (Å²) in [6.45, 7) is 5.02. The second kappa shape index (κ2) is 8.10. The van der Waals surface area contributed by atoms with Gasteiger partial charge in [-0.05, 0) is 6.42 Å². The number of quaternary nitrogens is 2. The maximum Gasteiger partial charge on any atom is 0.215 e. The molecular weight excluding hydrogens is 228 g/mol. The molecular formula is C14H34N2O2. The normalized spacial score (nSPS) is 22.5. The summed E-state index contributed by atoms with van der Waals surface area (Å²) in [5.41, 5.74) is 0. The molecule has 0 unspecified atom stereocenters. The van der Waals surface area contributed by atoms with Gasteiger partial charge < -0.3 is 11.0 Å². The summed E-state index contributed by atoms with van der Waals surface area (Å²) < 4.78 is 2.44. The van der Waals surface area contributed by atoms with Crippen molar-refractivity contribution in [1.82, 2.24) is 0 Å². The minimum Gasteiger partial charge on any atom is -0.870 e. The number of rotatable bonds is 4. The van der Waals surface area contributed by atoms with E-state index in [4.69, 9.17) is 0 Å². The van der Waals surface area contributed by atoms with Gasteiger partial charge >= 0.3 is 0 Å². The highest BCUT2D eigenvalue weighted by molar-refractivity contribution is 4.55. The molecule has 0 aromatic rings. The summed E-state index contributed by atoms with van der Waals surface area (Å²) in [6, 6.07) is 0. The van der Waals surface area contributed by atoms with Gasteiger partial charge in [0.05, 0.1) is 47.7 Å².